The number of rotatable bonds is 6. The van der Waals surface area contributed by atoms with Gasteiger partial charge >= 0.3 is 0 Å². The first kappa shape index (κ1) is 19.0. The van der Waals surface area contributed by atoms with Gasteiger partial charge in [0.2, 0.25) is 0 Å². The summed E-state index contributed by atoms with van der Waals surface area (Å²) in [6.07, 6.45) is -0.465. The highest BCUT2D eigenvalue weighted by atomic mass is 16.8. The molecule has 142 valence electrons. The third-order valence-electron chi connectivity index (χ3n) is 5.95. The molecule has 7 heteroatoms. The number of nitrogens with one attached hydrogen (secondary N) is 2. The molecule has 0 bridgehead atoms. The lowest BCUT2D eigenvalue weighted by atomic mass is 9.94. The average molecular weight is 362 g/mol. The van der Waals surface area contributed by atoms with Crippen LogP contribution in [0.5, 0.6) is 0 Å². The Morgan fingerprint density at radius 3 is 2.50 bits per heavy atom. The van der Waals surface area contributed by atoms with Crippen LogP contribution in [0.4, 0.5) is 5.69 Å². The minimum absolute atomic E-state index is 0.131. The Hall–Kier alpha value is -1.77. The maximum atomic E-state index is 12.3. The van der Waals surface area contributed by atoms with Crippen LogP contribution in [0.15, 0.2) is 35.5 Å². The molecule has 0 saturated heterocycles. The van der Waals surface area contributed by atoms with Crippen LogP contribution in [0.1, 0.15) is 38.9 Å². The van der Waals surface area contributed by atoms with Crippen molar-refractivity contribution in [3.63, 3.8) is 0 Å². The van der Waals surface area contributed by atoms with Crippen LogP contribution < -0.4 is 10.5 Å². The van der Waals surface area contributed by atoms with Crippen LogP contribution in [0.25, 0.3) is 0 Å². The minimum Gasteiger partial charge on any atom is -0.595 e. The molecule has 0 aromatic heterocycles. The average Bonchev–Trinajstić information content (AvgIpc) is 2.94. The van der Waals surface area contributed by atoms with Gasteiger partial charge in [-0.1, -0.05) is 26.0 Å². The summed E-state index contributed by atoms with van der Waals surface area (Å²) in [5, 5.41) is 42.2. The van der Waals surface area contributed by atoms with Crippen molar-refractivity contribution in [3.8, 4) is 0 Å². The third kappa shape index (κ3) is 3.17. The van der Waals surface area contributed by atoms with Crippen LogP contribution >= 0.6 is 0 Å². The van der Waals surface area contributed by atoms with Gasteiger partial charge < -0.3 is 20.7 Å². The van der Waals surface area contributed by atoms with Crippen molar-refractivity contribution in [1.82, 2.24) is 5.32 Å². The van der Waals surface area contributed by atoms with Gasteiger partial charge in [-0.2, -0.15) is 5.23 Å². The number of aliphatic hydroxyl groups is 2. The summed E-state index contributed by atoms with van der Waals surface area (Å²) < 4.78 is 0. The number of Topliss-reactive ketones (excluding diaryl/α,β-unsaturated/α-hetero) is 1. The van der Waals surface area contributed by atoms with E-state index >= 15 is 0 Å². The number of benzene rings is 1. The fourth-order valence-electron chi connectivity index (χ4n) is 4.26. The predicted molar refractivity (Wildman–Crippen MR) is 94.3 cm³/mol. The molecule has 1 aromatic rings. The lowest BCUT2D eigenvalue weighted by Gasteiger charge is -2.25. The van der Waals surface area contributed by atoms with Crippen LogP contribution in [-0.4, -0.2) is 33.9 Å². The SMILES string of the molecule is CC(N[C@@H](CO)[C@H](O)c1ccc([NH+]([O-])O)cc1)=C1C(=O)C[C@@H]2[C@@H]1C2(C)C. The molecule has 1 aromatic carbocycles. The molecular weight excluding hydrogens is 336 g/mol. The summed E-state index contributed by atoms with van der Waals surface area (Å²) in [4.78, 5) is 12.3. The number of fused-ring (bicyclic) bond motifs is 1. The second-order valence-electron chi connectivity index (χ2n) is 7.88. The van der Waals surface area contributed by atoms with Crippen molar-refractivity contribution in [2.24, 2.45) is 17.3 Å². The topological polar surface area (TPSA) is 117 Å². The van der Waals surface area contributed by atoms with E-state index in [1.165, 1.54) is 24.3 Å². The Labute approximate surface area is 152 Å². The monoisotopic (exact) mass is 362 g/mol. The van der Waals surface area contributed by atoms with Gasteiger partial charge in [0.15, 0.2) is 11.5 Å². The fourth-order valence-corrected chi connectivity index (χ4v) is 4.26. The molecule has 3 rings (SSSR count). The normalized spacial score (nSPS) is 29.0. The van der Waals surface area contributed by atoms with Crippen LogP contribution in [0.3, 0.4) is 0 Å². The van der Waals surface area contributed by atoms with Gasteiger partial charge in [-0.05, 0) is 29.7 Å². The highest BCUT2D eigenvalue weighted by Crippen LogP contribution is 2.68. The van der Waals surface area contributed by atoms with Crippen molar-refractivity contribution in [3.05, 3.63) is 46.3 Å². The van der Waals surface area contributed by atoms with Crippen molar-refractivity contribution in [2.75, 3.05) is 6.61 Å². The molecule has 2 aliphatic rings. The fraction of sp³-hybridized carbons (Fsp3) is 0.526. The largest absolute Gasteiger partial charge is 0.595 e. The van der Waals surface area contributed by atoms with Crippen LogP contribution in [-0.2, 0) is 4.79 Å². The van der Waals surface area contributed by atoms with Crippen LogP contribution in [0.2, 0.25) is 0 Å². The van der Waals surface area contributed by atoms with E-state index in [4.69, 9.17) is 5.21 Å². The first-order chi connectivity index (χ1) is 12.2. The molecule has 0 aliphatic heterocycles. The molecule has 0 spiro atoms. The van der Waals surface area contributed by atoms with Crippen molar-refractivity contribution in [1.29, 1.82) is 0 Å². The van der Waals surface area contributed by atoms with E-state index in [9.17, 15) is 20.2 Å². The number of carbonyl (C=O) groups excluding carboxylic acids is 1. The van der Waals surface area contributed by atoms with Crippen LogP contribution in [0, 0.1) is 22.5 Å². The summed E-state index contributed by atoms with van der Waals surface area (Å²) in [6, 6.07) is 5.20. The Kier molecular flexibility index (Phi) is 4.94. The first-order valence-electron chi connectivity index (χ1n) is 8.81. The lowest BCUT2D eigenvalue weighted by molar-refractivity contribution is -0.991. The Morgan fingerprint density at radius 2 is 2.00 bits per heavy atom. The number of carbonyl (C=O) groups is 1. The first-order valence-corrected chi connectivity index (χ1v) is 8.81. The molecule has 5 atom stereocenters. The number of allylic oxidation sites excluding steroid dienone is 2. The second kappa shape index (κ2) is 6.75. The van der Waals surface area contributed by atoms with Crippen molar-refractivity contribution >= 4 is 11.5 Å². The van der Waals surface area contributed by atoms with E-state index in [0.29, 0.717) is 23.6 Å². The van der Waals surface area contributed by atoms with Crippen molar-refractivity contribution in [2.45, 2.75) is 39.3 Å². The summed E-state index contributed by atoms with van der Waals surface area (Å²) in [7, 11) is 0. The minimum atomic E-state index is -1.04. The molecule has 0 amide bonds. The highest BCUT2D eigenvalue weighted by molar-refractivity contribution is 6.01. The van der Waals surface area contributed by atoms with E-state index < -0.39 is 17.4 Å². The third-order valence-corrected chi connectivity index (χ3v) is 5.95. The Bertz CT molecular complexity index is 726. The van der Waals surface area contributed by atoms with E-state index in [2.05, 4.69) is 19.2 Å². The van der Waals surface area contributed by atoms with E-state index in [1.807, 2.05) is 6.92 Å². The smallest absolute Gasteiger partial charge is 0.163 e. The summed E-state index contributed by atoms with van der Waals surface area (Å²) in [6.45, 7) is 5.81. The van der Waals surface area contributed by atoms with E-state index in [-0.39, 0.29) is 29.4 Å². The maximum Gasteiger partial charge on any atom is 0.163 e. The number of hydrogen-bond donors (Lipinski definition) is 5. The Morgan fingerprint density at radius 1 is 1.38 bits per heavy atom. The summed E-state index contributed by atoms with van der Waals surface area (Å²) in [5.74, 6) is 0.776. The number of hydrogen-bond acceptors (Lipinski definition) is 6. The van der Waals surface area contributed by atoms with Gasteiger partial charge in [0.25, 0.3) is 0 Å². The van der Waals surface area contributed by atoms with Gasteiger partial charge in [0, 0.05) is 29.8 Å². The highest BCUT2D eigenvalue weighted by Gasteiger charge is 2.65. The molecule has 2 aliphatic carbocycles. The second-order valence-corrected chi connectivity index (χ2v) is 7.88. The van der Waals surface area contributed by atoms with Gasteiger partial charge in [-0.3, -0.25) is 4.79 Å². The molecule has 7 nitrogen and oxygen atoms in total. The van der Waals surface area contributed by atoms with Gasteiger partial charge in [0.05, 0.1) is 12.6 Å². The summed E-state index contributed by atoms with van der Waals surface area (Å²) >= 11 is 0. The van der Waals surface area contributed by atoms with E-state index in [0.717, 1.165) is 5.57 Å². The molecule has 0 heterocycles. The number of ketones is 1. The molecule has 2 fully saturated rings. The molecular formula is C19H26N2O5. The molecule has 26 heavy (non-hydrogen) atoms. The zero-order chi connectivity index (χ0) is 19.2. The van der Waals surface area contributed by atoms with Gasteiger partial charge in [0.1, 0.15) is 6.10 Å². The Balaban J connectivity index is 1.76. The lowest BCUT2D eigenvalue weighted by Crippen LogP contribution is -2.99. The molecule has 2 saturated carbocycles. The zero-order valence-corrected chi connectivity index (χ0v) is 15.2. The quantitative estimate of drug-likeness (QED) is 0.374. The standard InChI is InChI=1S/C19H26N2O5/c1-10(16-15(23)8-13-17(16)19(13,2)3)20-14(9-22)18(24)11-4-6-12(7-5-11)21(25)26/h4-7,13-14,17-18,20-22,24-25H,8-9H2,1-3H3/t13-,14+,17+,18-/m1/s1. The molecule has 1 unspecified atom stereocenters. The molecule has 5 N–H and O–H groups in total. The number of quaternary nitrogens is 1. The summed E-state index contributed by atoms with van der Waals surface area (Å²) in [5.41, 5.74) is 2.25. The predicted octanol–water partition coefficient (Wildman–Crippen LogP) is 0.593. The van der Waals surface area contributed by atoms with E-state index in [1.54, 1.807) is 0 Å². The maximum absolute atomic E-state index is 12.3. The van der Waals surface area contributed by atoms with Gasteiger partial charge in [-0.25, -0.2) is 5.21 Å². The zero-order valence-electron chi connectivity index (χ0n) is 15.2. The van der Waals surface area contributed by atoms with Crippen molar-refractivity contribution < 1.29 is 25.4 Å². The van der Waals surface area contributed by atoms with Gasteiger partial charge in [-0.15, -0.1) is 0 Å². The number of aliphatic hydroxyl groups excluding tert-OH is 2. The molecule has 0 radical (unpaired) electrons.